The molecule has 1 atom stereocenters. The van der Waals surface area contributed by atoms with E-state index in [1.165, 1.54) is 0 Å². The third kappa shape index (κ3) is 4.92. The van der Waals surface area contributed by atoms with Gasteiger partial charge in [0.15, 0.2) is 0 Å². The van der Waals surface area contributed by atoms with Crippen molar-refractivity contribution in [2.45, 2.75) is 32.2 Å². The SMILES string of the molecule is COCCN(CC(C)C)CC(N)(CO)C1CC1. The summed E-state index contributed by atoms with van der Waals surface area (Å²) in [6.07, 6.45) is 2.33. The minimum atomic E-state index is -0.414. The maximum absolute atomic E-state index is 9.52. The molecule has 1 unspecified atom stereocenters. The van der Waals surface area contributed by atoms with Crippen molar-refractivity contribution >= 4 is 0 Å². The molecule has 1 fully saturated rings. The van der Waals surface area contributed by atoms with E-state index in [2.05, 4.69) is 18.7 Å². The first-order chi connectivity index (χ1) is 8.01. The molecule has 0 bridgehead atoms. The molecular weight excluding hydrogens is 216 g/mol. The summed E-state index contributed by atoms with van der Waals surface area (Å²) in [7, 11) is 1.72. The van der Waals surface area contributed by atoms with Crippen LogP contribution in [0.3, 0.4) is 0 Å². The third-order valence-corrected chi connectivity index (χ3v) is 3.44. The van der Waals surface area contributed by atoms with Crippen molar-refractivity contribution in [2.24, 2.45) is 17.6 Å². The van der Waals surface area contributed by atoms with E-state index in [1.54, 1.807) is 7.11 Å². The Morgan fingerprint density at radius 2 is 2.12 bits per heavy atom. The van der Waals surface area contributed by atoms with Crippen LogP contribution in [0.1, 0.15) is 26.7 Å². The molecule has 0 aromatic heterocycles. The molecule has 0 aromatic rings. The van der Waals surface area contributed by atoms with Gasteiger partial charge in [0.1, 0.15) is 0 Å². The molecule has 0 aromatic carbocycles. The largest absolute Gasteiger partial charge is 0.394 e. The van der Waals surface area contributed by atoms with Gasteiger partial charge in [-0.25, -0.2) is 0 Å². The van der Waals surface area contributed by atoms with Gasteiger partial charge in [-0.1, -0.05) is 13.8 Å². The highest BCUT2D eigenvalue weighted by Gasteiger charge is 2.42. The highest BCUT2D eigenvalue weighted by atomic mass is 16.5. The number of methoxy groups -OCH3 is 1. The maximum Gasteiger partial charge on any atom is 0.0626 e. The van der Waals surface area contributed by atoms with Crippen LogP contribution in [0.25, 0.3) is 0 Å². The Balaban J connectivity index is 2.49. The zero-order chi connectivity index (χ0) is 12.9. The van der Waals surface area contributed by atoms with E-state index < -0.39 is 5.54 Å². The molecule has 102 valence electrons. The lowest BCUT2D eigenvalue weighted by molar-refractivity contribution is 0.0886. The topological polar surface area (TPSA) is 58.7 Å². The third-order valence-electron chi connectivity index (χ3n) is 3.44. The summed E-state index contributed by atoms with van der Waals surface area (Å²) in [5.41, 5.74) is 5.90. The van der Waals surface area contributed by atoms with E-state index in [4.69, 9.17) is 10.5 Å². The van der Waals surface area contributed by atoms with Crippen molar-refractivity contribution in [2.75, 3.05) is 40.0 Å². The van der Waals surface area contributed by atoms with Crippen LogP contribution < -0.4 is 5.73 Å². The Morgan fingerprint density at radius 1 is 1.47 bits per heavy atom. The Labute approximate surface area is 105 Å². The van der Waals surface area contributed by atoms with Crippen molar-refractivity contribution < 1.29 is 9.84 Å². The fraction of sp³-hybridized carbons (Fsp3) is 1.00. The van der Waals surface area contributed by atoms with Gasteiger partial charge in [0.2, 0.25) is 0 Å². The minimum Gasteiger partial charge on any atom is -0.394 e. The number of aliphatic hydroxyl groups is 1. The number of aliphatic hydroxyl groups excluding tert-OH is 1. The molecule has 17 heavy (non-hydrogen) atoms. The summed E-state index contributed by atoms with van der Waals surface area (Å²) < 4.78 is 5.13. The van der Waals surface area contributed by atoms with E-state index >= 15 is 0 Å². The number of rotatable bonds is 9. The van der Waals surface area contributed by atoms with Gasteiger partial charge in [-0.3, -0.25) is 4.90 Å². The average Bonchev–Trinajstić information content (AvgIpc) is 3.09. The molecule has 1 aliphatic rings. The van der Waals surface area contributed by atoms with E-state index in [-0.39, 0.29) is 6.61 Å². The second-order valence-electron chi connectivity index (χ2n) is 5.79. The summed E-state index contributed by atoms with van der Waals surface area (Å²) in [5, 5.41) is 9.52. The molecule has 1 saturated carbocycles. The molecule has 1 rings (SSSR count). The molecular formula is C13H28N2O2. The molecule has 4 nitrogen and oxygen atoms in total. The number of hydrogen-bond acceptors (Lipinski definition) is 4. The first kappa shape index (κ1) is 14.9. The molecule has 0 amide bonds. The fourth-order valence-electron chi connectivity index (χ4n) is 2.35. The number of nitrogens with two attached hydrogens (primary N) is 1. The standard InChI is InChI=1S/C13H28N2O2/c1-11(2)8-15(6-7-17-3)9-13(14,10-16)12-4-5-12/h11-12,16H,4-10,14H2,1-3H3. The van der Waals surface area contributed by atoms with Gasteiger partial charge in [0.05, 0.1) is 18.8 Å². The molecule has 0 radical (unpaired) electrons. The predicted octanol–water partition coefficient (Wildman–Crippen LogP) is 0.691. The molecule has 1 aliphatic carbocycles. The van der Waals surface area contributed by atoms with E-state index in [0.29, 0.717) is 11.8 Å². The quantitative estimate of drug-likeness (QED) is 0.626. The lowest BCUT2D eigenvalue weighted by atomic mass is 9.94. The van der Waals surface area contributed by atoms with Crippen LogP contribution in [0.2, 0.25) is 0 Å². The summed E-state index contributed by atoms with van der Waals surface area (Å²) in [5.74, 6) is 1.11. The Kier molecular flexibility index (Phi) is 5.86. The van der Waals surface area contributed by atoms with Crippen LogP contribution in [0.5, 0.6) is 0 Å². The van der Waals surface area contributed by atoms with Crippen molar-refractivity contribution in [1.29, 1.82) is 0 Å². The van der Waals surface area contributed by atoms with E-state index in [1.807, 2.05) is 0 Å². The first-order valence-electron chi connectivity index (χ1n) is 6.63. The maximum atomic E-state index is 9.52. The molecule has 3 N–H and O–H groups in total. The predicted molar refractivity (Wildman–Crippen MR) is 69.9 cm³/mol. The van der Waals surface area contributed by atoms with Crippen LogP contribution in [0.4, 0.5) is 0 Å². The summed E-state index contributed by atoms with van der Waals surface area (Å²) in [6, 6.07) is 0. The first-order valence-corrected chi connectivity index (χ1v) is 6.63. The zero-order valence-corrected chi connectivity index (χ0v) is 11.5. The Morgan fingerprint density at radius 3 is 2.53 bits per heavy atom. The second kappa shape index (κ2) is 6.69. The minimum absolute atomic E-state index is 0.0826. The van der Waals surface area contributed by atoms with Crippen molar-refractivity contribution in [1.82, 2.24) is 4.90 Å². The van der Waals surface area contributed by atoms with Gasteiger partial charge in [0, 0.05) is 26.7 Å². The van der Waals surface area contributed by atoms with Crippen LogP contribution in [0.15, 0.2) is 0 Å². The van der Waals surface area contributed by atoms with Crippen molar-refractivity contribution in [3.05, 3.63) is 0 Å². The van der Waals surface area contributed by atoms with E-state index in [9.17, 15) is 5.11 Å². The van der Waals surface area contributed by atoms with Gasteiger partial charge >= 0.3 is 0 Å². The van der Waals surface area contributed by atoms with Gasteiger partial charge in [-0.2, -0.15) is 0 Å². The number of hydrogen-bond donors (Lipinski definition) is 2. The molecule has 0 heterocycles. The van der Waals surface area contributed by atoms with Crippen molar-refractivity contribution in [3.8, 4) is 0 Å². The lowest BCUT2D eigenvalue weighted by Crippen LogP contribution is -2.55. The highest BCUT2D eigenvalue weighted by Crippen LogP contribution is 2.38. The molecule has 4 heteroatoms. The summed E-state index contributed by atoms with van der Waals surface area (Å²) in [6.45, 7) is 7.88. The van der Waals surface area contributed by atoms with Crippen LogP contribution in [0, 0.1) is 11.8 Å². The zero-order valence-electron chi connectivity index (χ0n) is 11.5. The van der Waals surface area contributed by atoms with Crippen LogP contribution >= 0.6 is 0 Å². The van der Waals surface area contributed by atoms with Crippen LogP contribution in [-0.2, 0) is 4.74 Å². The molecule has 0 aliphatic heterocycles. The summed E-state index contributed by atoms with van der Waals surface area (Å²) >= 11 is 0. The van der Waals surface area contributed by atoms with E-state index in [0.717, 1.165) is 39.1 Å². The number of nitrogens with zero attached hydrogens (tertiary/aromatic N) is 1. The second-order valence-corrected chi connectivity index (χ2v) is 5.79. The lowest BCUT2D eigenvalue weighted by Gasteiger charge is -2.35. The Hall–Kier alpha value is -0.160. The smallest absolute Gasteiger partial charge is 0.0626 e. The normalized spacial score (nSPS) is 19.9. The highest BCUT2D eigenvalue weighted by molar-refractivity contribution is 5.00. The van der Waals surface area contributed by atoms with Gasteiger partial charge in [-0.05, 0) is 24.7 Å². The van der Waals surface area contributed by atoms with Gasteiger partial charge < -0.3 is 15.6 Å². The number of ether oxygens (including phenoxy) is 1. The Bertz CT molecular complexity index is 219. The summed E-state index contributed by atoms with van der Waals surface area (Å²) in [4.78, 5) is 2.32. The molecule has 0 saturated heterocycles. The van der Waals surface area contributed by atoms with Crippen LogP contribution in [-0.4, -0.2) is 55.5 Å². The monoisotopic (exact) mass is 244 g/mol. The average molecular weight is 244 g/mol. The molecule has 0 spiro atoms. The van der Waals surface area contributed by atoms with Gasteiger partial charge in [-0.15, -0.1) is 0 Å². The van der Waals surface area contributed by atoms with Gasteiger partial charge in [0.25, 0.3) is 0 Å². The fourth-order valence-corrected chi connectivity index (χ4v) is 2.35. The van der Waals surface area contributed by atoms with Crippen molar-refractivity contribution in [3.63, 3.8) is 0 Å².